The third kappa shape index (κ3) is 3.55. The number of nitrogens with two attached hydrogens (primary N) is 1. The van der Waals surface area contributed by atoms with E-state index in [1.54, 1.807) is 35.2 Å². The molecule has 0 aliphatic heterocycles. The van der Waals surface area contributed by atoms with Crippen molar-refractivity contribution < 1.29 is 4.39 Å². The lowest BCUT2D eigenvalue weighted by Crippen LogP contribution is -2.29. The van der Waals surface area contributed by atoms with E-state index in [1.807, 2.05) is 0 Å². The maximum atomic E-state index is 12.8. The zero-order chi connectivity index (χ0) is 13.0. The number of halogens is 1. The van der Waals surface area contributed by atoms with Crippen molar-refractivity contribution in [2.45, 2.75) is 17.9 Å². The fourth-order valence-electron chi connectivity index (χ4n) is 1.60. The Morgan fingerprint density at radius 1 is 1.39 bits per heavy atom. The summed E-state index contributed by atoms with van der Waals surface area (Å²) in [5, 5.41) is 2.12. The average Bonchev–Trinajstić information content (AvgIpc) is 2.79. The molecule has 1 aromatic carbocycles. The molecule has 0 saturated heterocycles. The number of benzene rings is 1. The van der Waals surface area contributed by atoms with Crippen molar-refractivity contribution in [1.82, 2.24) is 5.43 Å². The molecule has 2 nitrogen and oxygen atoms in total. The Bertz CT molecular complexity index is 496. The van der Waals surface area contributed by atoms with Crippen molar-refractivity contribution in [3.8, 4) is 0 Å². The van der Waals surface area contributed by atoms with E-state index in [0.29, 0.717) is 0 Å². The molecule has 2 aromatic rings. The van der Waals surface area contributed by atoms with Crippen LogP contribution in [0.3, 0.4) is 0 Å². The molecule has 0 aliphatic rings. The van der Waals surface area contributed by atoms with Crippen molar-refractivity contribution in [3.05, 3.63) is 52.0 Å². The van der Waals surface area contributed by atoms with Crippen LogP contribution in [0, 0.1) is 12.7 Å². The lowest BCUT2D eigenvalue weighted by Gasteiger charge is -2.14. The van der Waals surface area contributed by atoms with Gasteiger partial charge in [-0.15, -0.1) is 23.1 Å². The molecular formula is C13H15FN2S2. The predicted octanol–water partition coefficient (Wildman–Crippen LogP) is 3.49. The van der Waals surface area contributed by atoms with Crippen LogP contribution in [0.1, 0.15) is 16.5 Å². The molecule has 0 saturated carbocycles. The van der Waals surface area contributed by atoms with Gasteiger partial charge in [-0.25, -0.2) is 4.39 Å². The summed E-state index contributed by atoms with van der Waals surface area (Å²) in [7, 11) is 0. The highest BCUT2D eigenvalue weighted by atomic mass is 32.2. The van der Waals surface area contributed by atoms with E-state index < -0.39 is 0 Å². The Morgan fingerprint density at radius 3 is 2.67 bits per heavy atom. The molecule has 1 heterocycles. The maximum Gasteiger partial charge on any atom is 0.123 e. The highest BCUT2D eigenvalue weighted by Crippen LogP contribution is 2.27. The molecule has 0 fully saturated rings. The third-order valence-corrected chi connectivity index (χ3v) is 4.57. The normalized spacial score (nSPS) is 12.6. The Labute approximate surface area is 114 Å². The van der Waals surface area contributed by atoms with Gasteiger partial charge in [-0.05, 0) is 48.2 Å². The van der Waals surface area contributed by atoms with Crippen LogP contribution in [0.25, 0.3) is 0 Å². The van der Waals surface area contributed by atoms with Gasteiger partial charge in [-0.3, -0.25) is 11.3 Å². The van der Waals surface area contributed by atoms with Gasteiger partial charge in [0.2, 0.25) is 0 Å². The molecule has 96 valence electrons. The van der Waals surface area contributed by atoms with Gasteiger partial charge in [-0.2, -0.15) is 0 Å². The van der Waals surface area contributed by atoms with E-state index in [9.17, 15) is 4.39 Å². The maximum absolute atomic E-state index is 12.8. The van der Waals surface area contributed by atoms with E-state index in [0.717, 1.165) is 10.6 Å². The third-order valence-electron chi connectivity index (χ3n) is 2.58. The van der Waals surface area contributed by atoms with Crippen molar-refractivity contribution >= 4 is 23.1 Å². The van der Waals surface area contributed by atoms with Gasteiger partial charge in [-0.1, -0.05) is 0 Å². The van der Waals surface area contributed by atoms with Crippen molar-refractivity contribution in [2.24, 2.45) is 5.84 Å². The summed E-state index contributed by atoms with van der Waals surface area (Å²) in [5.41, 5.74) is 4.03. The first-order valence-electron chi connectivity index (χ1n) is 5.58. The fraction of sp³-hybridized carbons (Fsp3) is 0.231. The molecule has 3 N–H and O–H groups in total. The van der Waals surface area contributed by atoms with Gasteiger partial charge in [0.15, 0.2) is 0 Å². The van der Waals surface area contributed by atoms with Crippen LogP contribution < -0.4 is 11.3 Å². The molecule has 18 heavy (non-hydrogen) atoms. The minimum Gasteiger partial charge on any atom is -0.271 e. The van der Waals surface area contributed by atoms with Crippen LogP contribution in [0.4, 0.5) is 4.39 Å². The zero-order valence-electron chi connectivity index (χ0n) is 10.0. The zero-order valence-corrected chi connectivity index (χ0v) is 11.7. The van der Waals surface area contributed by atoms with Crippen molar-refractivity contribution in [2.75, 3.05) is 5.75 Å². The van der Waals surface area contributed by atoms with E-state index in [-0.39, 0.29) is 11.9 Å². The Balaban J connectivity index is 1.97. The highest BCUT2D eigenvalue weighted by Gasteiger charge is 2.11. The van der Waals surface area contributed by atoms with E-state index in [4.69, 9.17) is 5.84 Å². The molecule has 0 radical (unpaired) electrons. The molecule has 1 atom stereocenters. The number of aryl methyl sites for hydroxylation is 1. The summed E-state index contributed by atoms with van der Waals surface area (Å²) in [6, 6.07) is 8.77. The second kappa shape index (κ2) is 6.33. The van der Waals surface area contributed by atoms with Crippen LogP contribution >= 0.6 is 23.1 Å². The molecule has 2 rings (SSSR count). The largest absolute Gasteiger partial charge is 0.271 e. The number of thiophene rings is 1. The molecule has 0 spiro atoms. The van der Waals surface area contributed by atoms with Crippen LogP contribution in [0.5, 0.6) is 0 Å². The predicted molar refractivity (Wildman–Crippen MR) is 76.2 cm³/mol. The quantitative estimate of drug-likeness (QED) is 0.501. The number of nitrogens with one attached hydrogen (secondary N) is 1. The van der Waals surface area contributed by atoms with Gasteiger partial charge in [0.25, 0.3) is 0 Å². The van der Waals surface area contributed by atoms with E-state index in [1.165, 1.54) is 22.6 Å². The van der Waals surface area contributed by atoms with E-state index in [2.05, 4.69) is 23.8 Å². The summed E-state index contributed by atoms with van der Waals surface area (Å²) in [4.78, 5) is 2.32. The Morgan fingerprint density at radius 2 is 2.11 bits per heavy atom. The molecule has 0 amide bonds. The molecular weight excluding hydrogens is 267 g/mol. The topological polar surface area (TPSA) is 38.0 Å². The lowest BCUT2D eigenvalue weighted by atomic mass is 10.2. The molecule has 1 unspecified atom stereocenters. The van der Waals surface area contributed by atoms with Crippen molar-refractivity contribution in [3.63, 3.8) is 0 Å². The summed E-state index contributed by atoms with van der Waals surface area (Å²) < 4.78 is 12.8. The second-order valence-corrected chi connectivity index (χ2v) is 6.18. The molecule has 5 heteroatoms. The van der Waals surface area contributed by atoms with Crippen LogP contribution in [0.15, 0.2) is 40.6 Å². The fourth-order valence-corrected chi connectivity index (χ4v) is 3.33. The number of hydrogen-bond acceptors (Lipinski definition) is 4. The molecule has 0 bridgehead atoms. The number of hydrogen-bond donors (Lipinski definition) is 2. The smallest absolute Gasteiger partial charge is 0.123 e. The first-order valence-corrected chi connectivity index (χ1v) is 7.45. The summed E-state index contributed by atoms with van der Waals surface area (Å²) in [5.74, 6) is 6.19. The monoisotopic (exact) mass is 282 g/mol. The Kier molecular flexibility index (Phi) is 4.77. The first kappa shape index (κ1) is 13.5. The van der Waals surface area contributed by atoms with Gasteiger partial charge in [0.05, 0.1) is 6.04 Å². The first-order chi connectivity index (χ1) is 8.69. The summed E-state index contributed by atoms with van der Waals surface area (Å²) in [6.45, 7) is 2.08. The van der Waals surface area contributed by atoms with Crippen LogP contribution in [0.2, 0.25) is 0 Å². The van der Waals surface area contributed by atoms with Gasteiger partial charge >= 0.3 is 0 Å². The SMILES string of the molecule is Cc1cc(C(CSc2ccc(F)cc2)NN)cs1. The number of thioether (sulfide) groups is 1. The standard InChI is InChI=1S/C13H15FN2S2/c1-9-6-10(7-17-9)13(16-15)8-18-12-4-2-11(14)3-5-12/h2-7,13,16H,8,15H2,1H3. The minimum absolute atomic E-state index is 0.116. The highest BCUT2D eigenvalue weighted by molar-refractivity contribution is 7.99. The average molecular weight is 282 g/mol. The Hall–Kier alpha value is -0.880. The lowest BCUT2D eigenvalue weighted by molar-refractivity contribution is 0.612. The van der Waals surface area contributed by atoms with E-state index >= 15 is 0 Å². The summed E-state index contributed by atoms with van der Waals surface area (Å²) >= 11 is 3.38. The second-order valence-electron chi connectivity index (χ2n) is 3.97. The van der Waals surface area contributed by atoms with Gasteiger partial charge in [0, 0.05) is 15.5 Å². The van der Waals surface area contributed by atoms with Crippen molar-refractivity contribution in [1.29, 1.82) is 0 Å². The molecule has 1 aromatic heterocycles. The van der Waals surface area contributed by atoms with Crippen LogP contribution in [-0.2, 0) is 0 Å². The molecule has 0 aliphatic carbocycles. The number of hydrazine groups is 1. The minimum atomic E-state index is -0.207. The summed E-state index contributed by atoms with van der Waals surface area (Å²) in [6.07, 6.45) is 0. The number of rotatable bonds is 5. The van der Waals surface area contributed by atoms with Crippen LogP contribution in [-0.4, -0.2) is 5.75 Å². The van der Waals surface area contributed by atoms with Gasteiger partial charge < -0.3 is 0 Å². The van der Waals surface area contributed by atoms with Gasteiger partial charge in [0.1, 0.15) is 5.82 Å².